The quantitative estimate of drug-likeness (QED) is 0.457. The molecule has 0 aliphatic heterocycles. The van der Waals surface area contributed by atoms with Crippen LogP contribution in [-0.2, 0) is 10.0 Å². The summed E-state index contributed by atoms with van der Waals surface area (Å²) in [6.45, 7) is 0. The van der Waals surface area contributed by atoms with Crippen LogP contribution in [0.15, 0.2) is 90.5 Å². The molecule has 0 saturated heterocycles. The van der Waals surface area contributed by atoms with E-state index in [0.29, 0.717) is 17.2 Å². The highest BCUT2D eigenvalue weighted by molar-refractivity contribution is 7.92. The highest BCUT2D eigenvalue weighted by Crippen LogP contribution is 2.24. The molecule has 0 spiro atoms. The SMILES string of the molecule is O=S(=O)(Nc1cccc(-c2cn3cccnc3n2)c1)c1cnn(-c2ccccc2F)c1. The summed E-state index contributed by atoms with van der Waals surface area (Å²) in [6, 6.07) is 14.7. The molecule has 31 heavy (non-hydrogen) atoms. The zero-order chi connectivity index (χ0) is 21.4. The van der Waals surface area contributed by atoms with E-state index in [0.717, 1.165) is 5.56 Å². The molecular formula is C21H15FN6O2S. The standard InChI is InChI=1S/C21H15FN6O2S/c22-18-7-1-2-8-20(18)28-13-17(12-24-28)31(29,30)26-16-6-3-5-15(11-16)19-14-27-10-4-9-23-21(27)25-19/h1-14,26H. The summed E-state index contributed by atoms with van der Waals surface area (Å²) in [5.41, 5.74) is 1.91. The van der Waals surface area contributed by atoms with E-state index in [4.69, 9.17) is 0 Å². The van der Waals surface area contributed by atoms with Crippen molar-refractivity contribution >= 4 is 21.5 Å². The Kier molecular flexibility index (Phi) is 4.48. The number of imidazole rings is 1. The number of aromatic nitrogens is 5. The first kappa shape index (κ1) is 18.9. The Hall–Kier alpha value is -4.05. The van der Waals surface area contributed by atoms with Gasteiger partial charge in [-0.2, -0.15) is 5.10 Å². The average Bonchev–Trinajstić information content (AvgIpc) is 3.42. The van der Waals surface area contributed by atoms with Gasteiger partial charge in [0.2, 0.25) is 5.78 Å². The number of anilines is 1. The lowest BCUT2D eigenvalue weighted by molar-refractivity contribution is 0.600. The van der Waals surface area contributed by atoms with E-state index in [-0.39, 0.29) is 10.6 Å². The maximum absolute atomic E-state index is 14.0. The van der Waals surface area contributed by atoms with Crippen LogP contribution in [0.1, 0.15) is 0 Å². The van der Waals surface area contributed by atoms with Crippen LogP contribution >= 0.6 is 0 Å². The second-order valence-electron chi connectivity index (χ2n) is 6.71. The topological polar surface area (TPSA) is 94.2 Å². The average molecular weight is 434 g/mol. The third kappa shape index (κ3) is 3.64. The predicted octanol–water partition coefficient (Wildman–Crippen LogP) is 3.52. The van der Waals surface area contributed by atoms with Crippen LogP contribution in [0.2, 0.25) is 0 Å². The minimum absolute atomic E-state index is 0.0851. The molecule has 0 aliphatic rings. The van der Waals surface area contributed by atoms with Crippen molar-refractivity contribution in [1.29, 1.82) is 0 Å². The van der Waals surface area contributed by atoms with E-state index in [1.807, 2.05) is 18.5 Å². The molecular weight excluding hydrogens is 419 g/mol. The number of halogens is 1. The third-order valence-electron chi connectivity index (χ3n) is 4.61. The Bertz CT molecular complexity index is 1480. The van der Waals surface area contributed by atoms with Gasteiger partial charge in [-0.05, 0) is 30.3 Å². The molecule has 2 aromatic carbocycles. The number of nitrogens with one attached hydrogen (secondary N) is 1. The fourth-order valence-electron chi connectivity index (χ4n) is 3.14. The van der Waals surface area contributed by atoms with Gasteiger partial charge in [-0.3, -0.25) is 9.12 Å². The van der Waals surface area contributed by atoms with Gasteiger partial charge >= 0.3 is 0 Å². The molecule has 1 N–H and O–H groups in total. The molecule has 0 aliphatic carbocycles. The molecule has 3 aromatic heterocycles. The van der Waals surface area contributed by atoms with E-state index in [1.165, 1.54) is 29.2 Å². The monoisotopic (exact) mass is 434 g/mol. The zero-order valence-corrected chi connectivity index (χ0v) is 16.7. The molecule has 0 atom stereocenters. The fourth-order valence-corrected chi connectivity index (χ4v) is 4.12. The molecule has 5 rings (SSSR count). The van der Waals surface area contributed by atoms with Crippen LogP contribution in [0.5, 0.6) is 0 Å². The van der Waals surface area contributed by atoms with Crippen molar-refractivity contribution < 1.29 is 12.8 Å². The Morgan fingerprint density at radius 3 is 2.71 bits per heavy atom. The number of fused-ring (bicyclic) bond motifs is 1. The van der Waals surface area contributed by atoms with Gasteiger partial charge in [0.15, 0.2) is 0 Å². The van der Waals surface area contributed by atoms with Gasteiger partial charge in [-0.1, -0.05) is 24.3 Å². The summed E-state index contributed by atoms with van der Waals surface area (Å²) in [5, 5.41) is 3.98. The van der Waals surface area contributed by atoms with Crippen LogP contribution in [0.4, 0.5) is 10.1 Å². The maximum atomic E-state index is 14.0. The highest BCUT2D eigenvalue weighted by atomic mass is 32.2. The summed E-state index contributed by atoms with van der Waals surface area (Å²) in [6.07, 6.45) is 7.73. The van der Waals surface area contributed by atoms with Crippen molar-refractivity contribution in [2.45, 2.75) is 4.90 Å². The number of para-hydroxylation sites is 1. The van der Waals surface area contributed by atoms with Gasteiger partial charge in [0.25, 0.3) is 10.0 Å². The van der Waals surface area contributed by atoms with E-state index in [9.17, 15) is 12.8 Å². The number of hydrogen-bond acceptors (Lipinski definition) is 5. The second kappa shape index (κ2) is 7.33. The first-order chi connectivity index (χ1) is 15.0. The van der Waals surface area contributed by atoms with Crippen LogP contribution in [0.3, 0.4) is 0 Å². The van der Waals surface area contributed by atoms with E-state index in [1.54, 1.807) is 47.0 Å². The predicted molar refractivity (Wildman–Crippen MR) is 113 cm³/mol. The summed E-state index contributed by atoms with van der Waals surface area (Å²) in [7, 11) is -3.93. The Labute approximate surface area is 176 Å². The van der Waals surface area contributed by atoms with Gasteiger partial charge < -0.3 is 0 Å². The molecule has 10 heteroatoms. The van der Waals surface area contributed by atoms with Gasteiger partial charge in [-0.15, -0.1) is 0 Å². The summed E-state index contributed by atoms with van der Waals surface area (Å²) in [4.78, 5) is 8.55. The van der Waals surface area contributed by atoms with Crippen LogP contribution in [0, 0.1) is 5.82 Å². The van der Waals surface area contributed by atoms with E-state index < -0.39 is 15.8 Å². The number of nitrogens with zero attached hydrogens (tertiary/aromatic N) is 5. The van der Waals surface area contributed by atoms with Gasteiger partial charge in [0.1, 0.15) is 16.4 Å². The zero-order valence-electron chi connectivity index (χ0n) is 15.9. The number of rotatable bonds is 5. The number of sulfonamides is 1. The van der Waals surface area contributed by atoms with E-state index in [2.05, 4.69) is 19.8 Å². The van der Waals surface area contributed by atoms with Crippen molar-refractivity contribution in [1.82, 2.24) is 24.1 Å². The summed E-state index contributed by atoms with van der Waals surface area (Å²) < 4.78 is 45.1. The number of benzene rings is 2. The Morgan fingerprint density at radius 2 is 1.87 bits per heavy atom. The van der Waals surface area contributed by atoms with Gasteiger partial charge in [0, 0.05) is 29.8 Å². The molecule has 3 heterocycles. The maximum Gasteiger partial charge on any atom is 0.265 e. The van der Waals surface area contributed by atoms with Crippen molar-refractivity contribution in [2.75, 3.05) is 4.72 Å². The lowest BCUT2D eigenvalue weighted by Crippen LogP contribution is -2.12. The second-order valence-corrected chi connectivity index (χ2v) is 8.39. The largest absolute Gasteiger partial charge is 0.291 e. The molecule has 8 nitrogen and oxygen atoms in total. The molecule has 0 radical (unpaired) electrons. The minimum atomic E-state index is -3.93. The molecule has 0 fully saturated rings. The van der Waals surface area contributed by atoms with E-state index >= 15 is 0 Å². The van der Waals surface area contributed by atoms with Crippen molar-refractivity contribution in [2.24, 2.45) is 0 Å². The lowest BCUT2D eigenvalue weighted by atomic mass is 10.1. The third-order valence-corrected chi connectivity index (χ3v) is 5.95. The molecule has 0 saturated carbocycles. The smallest absolute Gasteiger partial charge is 0.265 e. The Morgan fingerprint density at radius 1 is 1.00 bits per heavy atom. The normalized spacial score (nSPS) is 11.6. The Balaban J connectivity index is 1.43. The lowest BCUT2D eigenvalue weighted by Gasteiger charge is -2.07. The molecule has 0 bridgehead atoms. The van der Waals surface area contributed by atoms with Crippen molar-refractivity contribution in [3.8, 4) is 16.9 Å². The first-order valence-corrected chi connectivity index (χ1v) is 10.7. The van der Waals surface area contributed by atoms with Crippen LogP contribution in [-0.4, -0.2) is 32.6 Å². The van der Waals surface area contributed by atoms with Crippen molar-refractivity contribution in [3.63, 3.8) is 0 Å². The fraction of sp³-hybridized carbons (Fsp3) is 0. The molecule has 0 amide bonds. The summed E-state index contributed by atoms with van der Waals surface area (Å²) >= 11 is 0. The summed E-state index contributed by atoms with van der Waals surface area (Å²) in [5.74, 6) is 0.0428. The van der Waals surface area contributed by atoms with Crippen LogP contribution < -0.4 is 4.72 Å². The van der Waals surface area contributed by atoms with Crippen LogP contribution in [0.25, 0.3) is 22.7 Å². The molecule has 5 aromatic rings. The highest BCUT2D eigenvalue weighted by Gasteiger charge is 2.18. The first-order valence-electron chi connectivity index (χ1n) is 9.22. The minimum Gasteiger partial charge on any atom is -0.291 e. The number of hydrogen-bond donors (Lipinski definition) is 1. The molecule has 0 unspecified atom stereocenters. The molecule has 154 valence electrons. The van der Waals surface area contributed by atoms with Crippen molar-refractivity contribution in [3.05, 3.63) is 91.4 Å². The van der Waals surface area contributed by atoms with Gasteiger partial charge in [0.05, 0.1) is 18.1 Å². The van der Waals surface area contributed by atoms with Gasteiger partial charge in [-0.25, -0.2) is 27.5 Å².